The molecule has 0 bridgehead atoms. The third-order valence-electron chi connectivity index (χ3n) is 1.52. The van der Waals surface area contributed by atoms with Gasteiger partial charge in [-0.05, 0) is 12.8 Å². The van der Waals surface area contributed by atoms with E-state index in [4.69, 9.17) is 23.2 Å². The maximum absolute atomic E-state index is 5.98. The van der Waals surface area contributed by atoms with Crippen LogP contribution in [0.15, 0.2) is 0 Å². The van der Waals surface area contributed by atoms with Crippen molar-refractivity contribution in [3.8, 4) is 0 Å². The summed E-state index contributed by atoms with van der Waals surface area (Å²) >= 11 is 12.0. The average Bonchev–Trinajstić information content (AvgIpc) is 1.89. The Morgan fingerprint density at radius 2 is 1.20 bits per heavy atom. The quantitative estimate of drug-likeness (QED) is 0.568. The second-order valence-electron chi connectivity index (χ2n) is 2.61. The van der Waals surface area contributed by atoms with Crippen LogP contribution in [0.25, 0.3) is 0 Å². The summed E-state index contributed by atoms with van der Waals surface area (Å²) < 4.78 is 0. The smallest absolute Gasteiger partial charge is 0.0499 e. The number of halogens is 2. The van der Waals surface area contributed by atoms with E-state index in [1.165, 1.54) is 0 Å². The molecule has 0 spiro atoms. The molecule has 0 heterocycles. The Hall–Kier alpha value is 0.580. The molecule has 0 aromatic rings. The normalized spacial score (nSPS) is 16.8. The Labute approximate surface area is 73.9 Å². The van der Waals surface area contributed by atoms with Crippen LogP contribution >= 0.6 is 23.2 Å². The molecule has 0 saturated carbocycles. The van der Waals surface area contributed by atoms with Gasteiger partial charge in [-0.1, -0.05) is 26.7 Å². The minimum atomic E-state index is 0.173. The lowest BCUT2D eigenvalue weighted by molar-refractivity contribution is 0.640. The van der Waals surface area contributed by atoms with Crippen LogP contribution in [-0.4, -0.2) is 10.8 Å². The van der Waals surface area contributed by atoms with Gasteiger partial charge in [0.25, 0.3) is 0 Å². The highest BCUT2D eigenvalue weighted by Gasteiger charge is 2.13. The van der Waals surface area contributed by atoms with Crippen molar-refractivity contribution in [1.29, 1.82) is 0 Å². The monoisotopic (exact) mass is 182 g/mol. The van der Waals surface area contributed by atoms with Crippen molar-refractivity contribution in [1.82, 2.24) is 0 Å². The third kappa shape index (κ3) is 4.40. The Morgan fingerprint density at radius 1 is 0.900 bits per heavy atom. The van der Waals surface area contributed by atoms with Crippen LogP contribution in [0.5, 0.6) is 0 Å². The van der Waals surface area contributed by atoms with Crippen LogP contribution in [0.4, 0.5) is 0 Å². The maximum atomic E-state index is 5.98. The first-order valence-electron chi connectivity index (χ1n) is 4.00. The van der Waals surface area contributed by atoms with Gasteiger partial charge >= 0.3 is 0 Å². The van der Waals surface area contributed by atoms with Gasteiger partial charge in [0.1, 0.15) is 0 Å². The van der Waals surface area contributed by atoms with Crippen molar-refractivity contribution in [3.05, 3.63) is 0 Å². The van der Waals surface area contributed by atoms with Gasteiger partial charge in [0.2, 0.25) is 0 Å². The Morgan fingerprint density at radius 3 is 1.40 bits per heavy atom. The van der Waals surface area contributed by atoms with E-state index in [0.29, 0.717) is 0 Å². The van der Waals surface area contributed by atoms with Gasteiger partial charge in [0.05, 0.1) is 0 Å². The summed E-state index contributed by atoms with van der Waals surface area (Å²) in [6.45, 7) is 4.26. The molecular formula is C8H16Cl2. The zero-order valence-electron chi connectivity index (χ0n) is 6.74. The topological polar surface area (TPSA) is 0 Å². The van der Waals surface area contributed by atoms with Crippen LogP contribution in [0, 0.1) is 0 Å². The highest BCUT2D eigenvalue weighted by atomic mass is 35.5. The fraction of sp³-hybridized carbons (Fsp3) is 1.00. The van der Waals surface area contributed by atoms with Crippen molar-refractivity contribution in [2.75, 3.05) is 0 Å². The van der Waals surface area contributed by atoms with E-state index in [2.05, 4.69) is 13.8 Å². The molecule has 0 fully saturated rings. The van der Waals surface area contributed by atoms with E-state index in [1.54, 1.807) is 0 Å². The third-order valence-corrected chi connectivity index (χ3v) is 2.70. The van der Waals surface area contributed by atoms with E-state index in [0.717, 1.165) is 25.7 Å². The summed E-state index contributed by atoms with van der Waals surface area (Å²) in [4.78, 5) is 0. The number of alkyl halides is 2. The lowest BCUT2D eigenvalue weighted by Gasteiger charge is -2.13. The van der Waals surface area contributed by atoms with Gasteiger partial charge in [-0.2, -0.15) is 0 Å². The van der Waals surface area contributed by atoms with Crippen LogP contribution < -0.4 is 0 Å². The molecule has 0 aliphatic heterocycles. The standard InChI is InChI=1S/C8H16Cl2/c1-3-5-7(9)8(10)6-4-2/h7-8H,3-6H2,1-2H3/t7-,8-/m0/s1. The molecule has 0 aromatic carbocycles. The summed E-state index contributed by atoms with van der Waals surface area (Å²) in [5, 5.41) is 0.346. The Bertz CT molecular complexity index is 63.7. The zero-order valence-corrected chi connectivity index (χ0v) is 8.25. The lowest BCUT2D eigenvalue weighted by Crippen LogP contribution is -2.13. The molecule has 0 nitrogen and oxygen atoms in total. The SMILES string of the molecule is CCC[C@H](Cl)[C@@H](Cl)CCC. The highest BCUT2D eigenvalue weighted by molar-refractivity contribution is 6.29. The molecule has 0 unspecified atom stereocenters. The molecule has 10 heavy (non-hydrogen) atoms. The van der Waals surface area contributed by atoms with Crippen molar-refractivity contribution in [2.45, 2.75) is 50.3 Å². The summed E-state index contributed by atoms with van der Waals surface area (Å²) in [5.41, 5.74) is 0. The second kappa shape index (κ2) is 6.30. The molecule has 62 valence electrons. The fourth-order valence-electron chi connectivity index (χ4n) is 0.913. The predicted molar refractivity (Wildman–Crippen MR) is 49.1 cm³/mol. The molecule has 2 heteroatoms. The maximum Gasteiger partial charge on any atom is 0.0499 e. The molecule has 0 rings (SSSR count). The van der Waals surface area contributed by atoms with E-state index in [9.17, 15) is 0 Å². The summed E-state index contributed by atoms with van der Waals surface area (Å²) in [6, 6.07) is 0. The zero-order chi connectivity index (χ0) is 7.98. The van der Waals surface area contributed by atoms with Crippen LogP contribution in [0.2, 0.25) is 0 Å². The predicted octanol–water partition coefficient (Wildman–Crippen LogP) is 3.80. The van der Waals surface area contributed by atoms with Gasteiger partial charge in [0, 0.05) is 10.8 Å². The van der Waals surface area contributed by atoms with Crippen molar-refractivity contribution >= 4 is 23.2 Å². The van der Waals surface area contributed by atoms with Crippen LogP contribution in [0.3, 0.4) is 0 Å². The summed E-state index contributed by atoms with van der Waals surface area (Å²) in [6.07, 6.45) is 4.33. The number of rotatable bonds is 5. The van der Waals surface area contributed by atoms with E-state index < -0.39 is 0 Å². The van der Waals surface area contributed by atoms with Crippen LogP contribution in [-0.2, 0) is 0 Å². The number of hydrogen-bond acceptors (Lipinski definition) is 0. The molecule has 0 saturated heterocycles. The molecular weight excluding hydrogens is 167 g/mol. The first-order valence-corrected chi connectivity index (χ1v) is 4.87. The van der Waals surface area contributed by atoms with E-state index in [-0.39, 0.29) is 10.8 Å². The van der Waals surface area contributed by atoms with Crippen molar-refractivity contribution in [2.24, 2.45) is 0 Å². The van der Waals surface area contributed by atoms with Crippen molar-refractivity contribution < 1.29 is 0 Å². The fourth-order valence-corrected chi connectivity index (χ4v) is 1.60. The van der Waals surface area contributed by atoms with Gasteiger partial charge in [-0.15, -0.1) is 23.2 Å². The van der Waals surface area contributed by atoms with E-state index in [1.807, 2.05) is 0 Å². The molecule has 0 amide bonds. The Balaban J connectivity index is 3.38. The second-order valence-corrected chi connectivity index (χ2v) is 3.73. The molecule has 2 atom stereocenters. The Kier molecular flexibility index (Phi) is 6.67. The molecule has 0 radical (unpaired) electrons. The highest BCUT2D eigenvalue weighted by Crippen LogP contribution is 2.19. The van der Waals surface area contributed by atoms with Gasteiger partial charge in [-0.3, -0.25) is 0 Å². The van der Waals surface area contributed by atoms with Gasteiger partial charge in [0.15, 0.2) is 0 Å². The average molecular weight is 183 g/mol. The molecule has 0 aliphatic carbocycles. The summed E-state index contributed by atoms with van der Waals surface area (Å²) in [5.74, 6) is 0. The first kappa shape index (κ1) is 10.6. The molecule has 0 aliphatic rings. The largest absolute Gasteiger partial charge is 0.121 e. The van der Waals surface area contributed by atoms with Gasteiger partial charge < -0.3 is 0 Å². The van der Waals surface area contributed by atoms with E-state index >= 15 is 0 Å². The number of hydrogen-bond donors (Lipinski definition) is 0. The minimum absolute atomic E-state index is 0.173. The summed E-state index contributed by atoms with van der Waals surface area (Å²) in [7, 11) is 0. The lowest BCUT2D eigenvalue weighted by atomic mass is 10.1. The van der Waals surface area contributed by atoms with Crippen molar-refractivity contribution in [3.63, 3.8) is 0 Å². The van der Waals surface area contributed by atoms with Gasteiger partial charge in [-0.25, -0.2) is 0 Å². The first-order chi connectivity index (χ1) is 4.72. The minimum Gasteiger partial charge on any atom is -0.121 e. The van der Waals surface area contributed by atoms with Crippen LogP contribution in [0.1, 0.15) is 39.5 Å². The molecule has 0 aromatic heterocycles. The molecule has 0 N–H and O–H groups in total.